The summed E-state index contributed by atoms with van der Waals surface area (Å²) in [5.74, 6) is -0.215. The topological polar surface area (TPSA) is 79.0 Å². The summed E-state index contributed by atoms with van der Waals surface area (Å²) in [5.41, 5.74) is 4.29. The molecule has 1 unspecified atom stereocenters. The number of rotatable bonds is 6. The van der Waals surface area contributed by atoms with Gasteiger partial charge in [-0.25, -0.2) is 8.42 Å². The zero-order valence-corrected chi connectivity index (χ0v) is 17.4. The molecule has 2 aromatic carbocycles. The van der Waals surface area contributed by atoms with Crippen LogP contribution in [0.4, 0.5) is 5.69 Å². The lowest BCUT2D eigenvalue weighted by molar-refractivity contribution is 0.103. The fourth-order valence-corrected chi connectivity index (χ4v) is 3.85. The van der Waals surface area contributed by atoms with Crippen LogP contribution in [0.2, 0.25) is 5.02 Å². The fraction of sp³-hybridized carbons (Fsp3) is 0.190. The van der Waals surface area contributed by atoms with Gasteiger partial charge in [0.25, 0.3) is 0 Å². The second-order valence-electron chi connectivity index (χ2n) is 6.86. The van der Waals surface area contributed by atoms with Crippen LogP contribution in [-0.4, -0.2) is 25.4 Å². The van der Waals surface area contributed by atoms with Crippen molar-refractivity contribution in [2.45, 2.75) is 19.8 Å². The quantitative estimate of drug-likeness (QED) is 0.570. The molecule has 0 amide bonds. The Hall–Kier alpha value is -2.57. The lowest BCUT2D eigenvalue weighted by atomic mass is 9.98. The Morgan fingerprint density at radius 1 is 1.07 bits per heavy atom. The van der Waals surface area contributed by atoms with Gasteiger partial charge in [-0.15, -0.1) is 0 Å². The minimum absolute atomic E-state index is 0.0978. The number of aryl methyl sites for hydroxylation is 1. The molecule has 28 heavy (non-hydrogen) atoms. The largest absolute Gasteiger partial charge is 0.354 e. The first kappa shape index (κ1) is 20.2. The van der Waals surface area contributed by atoms with Gasteiger partial charge in [0, 0.05) is 22.9 Å². The van der Waals surface area contributed by atoms with Crippen molar-refractivity contribution in [3.8, 4) is 0 Å². The molecule has 0 aliphatic carbocycles. The average molecular weight is 417 g/mol. The molecule has 5 nitrogen and oxygen atoms in total. The van der Waals surface area contributed by atoms with Gasteiger partial charge in [-0.2, -0.15) is 0 Å². The van der Waals surface area contributed by atoms with Crippen molar-refractivity contribution in [3.05, 3.63) is 87.7 Å². The maximum absolute atomic E-state index is 12.7. The molecule has 0 fully saturated rings. The number of hydrogen-bond donors (Lipinski definition) is 2. The van der Waals surface area contributed by atoms with Crippen LogP contribution in [0.15, 0.2) is 54.6 Å². The van der Waals surface area contributed by atoms with Crippen molar-refractivity contribution in [1.29, 1.82) is 0 Å². The van der Waals surface area contributed by atoms with Crippen molar-refractivity contribution in [2.75, 3.05) is 11.0 Å². The number of benzene rings is 2. The van der Waals surface area contributed by atoms with Crippen LogP contribution in [0.25, 0.3) is 0 Å². The number of anilines is 1. The first-order valence-electron chi connectivity index (χ1n) is 8.71. The Morgan fingerprint density at radius 3 is 2.25 bits per heavy atom. The number of carbonyl (C=O) groups is 1. The van der Waals surface area contributed by atoms with Crippen LogP contribution in [0.3, 0.4) is 0 Å². The van der Waals surface area contributed by atoms with E-state index in [2.05, 4.69) is 9.71 Å². The van der Waals surface area contributed by atoms with Crippen molar-refractivity contribution < 1.29 is 13.2 Å². The molecule has 0 radical (unpaired) electrons. The molecule has 3 aromatic rings. The molecule has 0 aliphatic heterocycles. The van der Waals surface area contributed by atoms with Crippen molar-refractivity contribution in [3.63, 3.8) is 0 Å². The monoisotopic (exact) mass is 416 g/mol. The Kier molecular flexibility index (Phi) is 5.63. The van der Waals surface area contributed by atoms with E-state index in [-0.39, 0.29) is 11.7 Å². The van der Waals surface area contributed by atoms with Crippen LogP contribution in [0, 0.1) is 6.92 Å². The molecule has 0 spiro atoms. The molecule has 1 heterocycles. The molecular formula is C21H21ClN2O3S. The molecule has 0 saturated carbocycles. The summed E-state index contributed by atoms with van der Waals surface area (Å²) in [6.07, 6.45) is 1.11. The maximum atomic E-state index is 12.7. The maximum Gasteiger partial charge on any atom is 0.229 e. The van der Waals surface area contributed by atoms with Crippen LogP contribution < -0.4 is 4.72 Å². The van der Waals surface area contributed by atoms with E-state index in [1.54, 1.807) is 30.3 Å². The SMILES string of the molecule is Cc1ccc(C(=O)c2cc(Cl)c(C(C)c3ccc(NS(C)(=O)=O)cc3)[nH]2)cc1. The van der Waals surface area contributed by atoms with Gasteiger partial charge in [0.15, 0.2) is 0 Å². The number of sulfonamides is 1. The fourth-order valence-electron chi connectivity index (χ4n) is 2.96. The van der Waals surface area contributed by atoms with Gasteiger partial charge in [0.1, 0.15) is 0 Å². The van der Waals surface area contributed by atoms with Gasteiger partial charge in [0.05, 0.1) is 17.0 Å². The summed E-state index contributed by atoms with van der Waals surface area (Å²) in [7, 11) is -3.32. The summed E-state index contributed by atoms with van der Waals surface area (Å²) in [6.45, 7) is 3.94. The highest BCUT2D eigenvalue weighted by atomic mass is 35.5. The molecule has 0 saturated heterocycles. The number of H-pyrrole nitrogens is 1. The highest BCUT2D eigenvalue weighted by Crippen LogP contribution is 2.31. The number of aromatic amines is 1. The van der Waals surface area contributed by atoms with E-state index in [0.717, 1.165) is 23.1 Å². The van der Waals surface area contributed by atoms with Gasteiger partial charge < -0.3 is 4.98 Å². The summed E-state index contributed by atoms with van der Waals surface area (Å²) >= 11 is 6.39. The Balaban J connectivity index is 1.84. The normalized spacial score (nSPS) is 12.6. The third kappa shape index (κ3) is 4.64. The van der Waals surface area contributed by atoms with Crippen LogP contribution in [0.1, 0.15) is 45.7 Å². The van der Waals surface area contributed by atoms with Crippen molar-refractivity contribution >= 4 is 33.1 Å². The van der Waals surface area contributed by atoms with E-state index in [4.69, 9.17) is 11.6 Å². The molecule has 2 N–H and O–H groups in total. The minimum atomic E-state index is -3.32. The zero-order chi connectivity index (χ0) is 20.5. The van der Waals surface area contributed by atoms with Gasteiger partial charge in [-0.3, -0.25) is 9.52 Å². The molecule has 7 heteroatoms. The van der Waals surface area contributed by atoms with Gasteiger partial charge in [0.2, 0.25) is 15.8 Å². The van der Waals surface area contributed by atoms with E-state index >= 15 is 0 Å². The van der Waals surface area contributed by atoms with Gasteiger partial charge in [-0.1, -0.05) is 60.5 Å². The number of ketones is 1. The highest BCUT2D eigenvalue weighted by Gasteiger charge is 2.19. The van der Waals surface area contributed by atoms with E-state index < -0.39 is 10.0 Å². The van der Waals surface area contributed by atoms with Crippen LogP contribution in [-0.2, 0) is 10.0 Å². The minimum Gasteiger partial charge on any atom is -0.354 e. The molecular weight excluding hydrogens is 396 g/mol. The molecule has 0 aliphatic rings. The van der Waals surface area contributed by atoms with Crippen molar-refractivity contribution in [1.82, 2.24) is 4.98 Å². The first-order chi connectivity index (χ1) is 13.1. The zero-order valence-electron chi connectivity index (χ0n) is 15.8. The lowest BCUT2D eigenvalue weighted by Gasteiger charge is -2.12. The van der Waals surface area contributed by atoms with Crippen LogP contribution in [0.5, 0.6) is 0 Å². The number of halogens is 1. The van der Waals surface area contributed by atoms with Gasteiger partial charge >= 0.3 is 0 Å². The number of hydrogen-bond acceptors (Lipinski definition) is 3. The second kappa shape index (κ2) is 7.81. The van der Waals surface area contributed by atoms with E-state index in [9.17, 15) is 13.2 Å². The predicted octanol–water partition coefficient (Wildman–Crippen LogP) is 4.73. The predicted molar refractivity (Wildman–Crippen MR) is 113 cm³/mol. The van der Waals surface area contributed by atoms with E-state index in [1.165, 1.54) is 0 Å². The molecule has 146 valence electrons. The molecule has 1 atom stereocenters. The number of carbonyl (C=O) groups excluding carboxylic acids is 1. The summed E-state index contributed by atoms with van der Waals surface area (Å²) in [5, 5.41) is 0.487. The summed E-state index contributed by atoms with van der Waals surface area (Å²) < 4.78 is 25.1. The van der Waals surface area contributed by atoms with Crippen molar-refractivity contribution in [2.24, 2.45) is 0 Å². The standard InChI is InChI=1S/C21H21ClN2O3S/c1-13-4-6-16(7-5-13)21(25)19-12-18(22)20(23-19)14(2)15-8-10-17(11-9-15)24-28(3,26)27/h4-12,14,23-24H,1-3H3. The van der Waals surface area contributed by atoms with Crippen LogP contribution >= 0.6 is 11.6 Å². The number of nitrogens with one attached hydrogen (secondary N) is 2. The summed E-state index contributed by atoms with van der Waals surface area (Å²) in [6, 6.07) is 16.1. The molecule has 1 aromatic heterocycles. The van der Waals surface area contributed by atoms with Gasteiger partial charge in [-0.05, 0) is 30.7 Å². The Bertz CT molecular complexity index is 1100. The number of aromatic nitrogens is 1. The smallest absolute Gasteiger partial charge is 0.229 e. The van der Waals surface area contributed by atoms with E-state index in [1.807, 2.05) is 38.1 Å². The summed E-state index contributed by atoms with van der Waals surface area (Å²) in [4.78, 5) is 15.9. The third-order valence-corrected chi connectivity index (χ3v) is 5.42. The molecule has 0 bridgehead atoms. The highest BCUT2D eigenvalue weighted by molar-refractivity contribution is 7.92. The Morgan fingerprint density at radius 2 is 1.68 bits per heavy atom. The third-order valence-electron chi connectivity index (χ3n) is 4.50. The Labute approximate surface area is 169 Å². The molecule has 3 rings (SSSR count). The second-order valence-corrected chi connectivity index (χ2v) is 9.01. The first-order valence-corrected chi connectivity index (χ1v) is 11.0. The van der Waals surface area contributed by atoms with E-state index in [0.29, 0.717) is 22.0 Å². The average Bonchev–Trinajstić information content (AvgIpc) is 3.02. The lowest BCUT2D eigenvalue weighted by Crippen LogP contribution is -2.09.